The van der Waals surface area contributed by atoms with E-state index in [0.29, 0.717) is 36.8 Å². The second-order valence-electron chi connectivity index (χ2n) is 10.4. The molecule has 5 fully saturated rings. The summed E-state index contributed by atoms with van der Waals surface area (Å²) in [5, 5.41) is 2.74. The van der Waals surface area contributed by atoms with Crippen molar-refractivity contribution in [3.63, 3.8) is 0 Å². The van der Waals surface area contributed by atoms with Crippen LogP contribution in [0.4, 0.5) is 5.69 Å². The van der Waals surface area contributed by atoms with Crippen LogP contribution in [0.1, 0.15) is 62.2 Å². The van der Waals surface area contributed by atoms with Gasteiger partial charge in [-0.15, -0.1) is 0 Å². The Morgan fingerprint density at radius 2 is 1.52 bits per heavy atom. The van der Waals surface area contributed by atoms with E-state index in [2.05, 4.69) is 10.2 Å². The minimum atomic E-state index is -0.154. The van der Waals surface area contributed by atoms with Gasteiger partial charge in [0.05, 0.1) is 5.41 Å². The Bertz CT molecular complexity index is 860. The number of rotatable bonds is 3. The summed E-state index contributed by atoms with van der Waals surface area (Å²) in [4.78, 5) is 42.0. The molecule has 1 aliphatic heterocycles. The van der Waals surface area contributed by atoms with Crippen LogP contribution < -0.4 is 5.32 Å². The molecule has 3 amide bonds. The van der Waals surface area contributed by atoms with E-state index in [1.54, 1.807) is 24.3 Å². The van der Waals surface area contributed by atoms with Crippen molar-refractivity contribution in [1.29, 1.82) is 0 Å². The number of hydrogen-bond acceptors (Lipinski definition) is 3. The molecule has 4 saturated carbocycles. The van der Waals surface area contributed by atoms with Gasteiger partial charge in [0.15, 0.2) is 0 Å². The zero-order valence-electron chi connectivity index (χ0n) is 18.4. The summed E-state index contributed by atoms with van der Waals surface area (Å²) >= 11 is 0. The minimum absolute atomic E-state index is 0.0312. The Labute approximate surface area is 184 Å². The van der Waals surface area contributed by atoms with Gasteiger partial charge in [-0.2, -0.15) is 0 Å². The van der Waals surface area contributed by atoms with Crippen LogP contribution in [0.5, 0.6) is 0 Å². The molecule has 0 radical (unpaired) electrons. The molecule has 5 aliphatic rings. The summed E-state index contributed by atoms with van der Waals surface area (Å²) in [7, 11) is 0. The van der Waals surface area contributed by atoms with E-state index in [4.69, 9.17) is 0 Å². The number of carbonyl (C=O) groups excluding carboxylic acids is 3. The maximum absolute atomic E-state index is 13.7. The van der Waals surface area contributed by atoms with E-state index < -0.39 is 0 Å². The van der Waals surface area contributed by atoms with Gasteiger partial charge in [0.1, 0.15) is 0 Å². The van der Waals surface area contributed by atoms with Crippen LogP contribution in [-0.4, -0.2) is 53.7 Å². The minimum Gasteiger partial charge on any atom is -0.340 e. The van der Waals surface area contributed by atoms with Crippen LogP contribution >= 0.6 is 0 Å². The molecule has 1 N–H and O–H groups in total. The summed E-state index contributed by atoms with van der Waals surface area (Å²) in [6.07, 6.45) is 8.10. The summed E-state index contributed by atoms with van der Waals surface area (Å²) < 4.78 is 0. The average molecular weight is 424 g/mol. The third-order valence-electron chi connectivity index (χ3n) is 7.99. The van der Waals surface area contributed by atoms with Gasteiger partial charge in [-0.3, -0.25) is 14.4 Å². The Kier molecular flexibility index (Phi) is 5.27. The van der Waals surface area contributed by atoms with Gasteiger partial charge in [0.25, 0.3) is 5.91 Å². The monoisotopic (exact) mass is 423 g/mol. The van der Waals surface area contributed by atoms with Crippen molar-refractivity contribution in [2.24, 2.45) is 23.2 Å². The van der Waals surface area contributed by atoms with E-state index in [1.807, 2.05) is 4.90 Å². The average Bonchev–Trinajstić information content (AvgIpc) is 2.97. The Morgan fingerprint density at radius 3 is 2.16 bits per heavy atom. The molecule has 4 bridgehead atoms. The highest BCUT2D eigenvalue weighted by atomic mass is 16.2. The first-order chi connectivity index (χ1) is 14.9. The zero-order valence-corrected chi connectivity index (χ0v) is 18.4. The summed E-state index contributed by atoms with van der Waals surface area (Å²) in [5.74, 6) is 2.46. The van der Waals surface area contributed by atoms with Crippen molar-refractivity contribution in [2.75, 3.05) is 31.5 Å². The van der Waals surface area contributed by atoms with Crippen LogP contribution in [0.15, 0.2) is 24.3 Å². The highest BCUT2D eigenvalue weighted by molar-refractivity contribution is 5.97. The van der Waals surface area contributed by atoms with E-state index >= 15 is 0 Å². The molecule has 0 atom stereocenters. The smallest absolute Gasteiger partial charge is 0.253 e. The molecule has 1 aromatic carbocycles. The number of nitrogens with one attached hydrogen (secondary N) is 1. The fourth-order valence-electron chi connectivity index (χ4n) is 7.15. The van der Waals surface area contributed by atoms with Crippen molar-refractivity contribution >= 4 is 23.4 Å². The molecule has 166 valence electrons. The van der Waals surface area contributed by atoms with Gasteiger partial charge in [-0.1, -0.05) is 6.07 Å². The lowest BCUT2D eigenvalue weighted by Gasteiger charge is -2.56. The maximum Gasteiger partial charge on any atom is 0.253 e. The molecule has 0 unspecified atom stereocenters. The van der Waals surface area contributed by atoms with Gasteiger partial charge < -0.3 is 15.1 Å². The van der Waals surface area contributed by atoms with Gasteiger partial charge in [0, 0.05) is 44.4 Å². The topological polar surface area (TPSA) is 69.7 Å². The van der Waals surface area contributed by atoms with E-state index in [0.717, 1.165) is 50.0 Å². The molecule has 1 saturated heterocycles. The normalized spacial score (nSPS) is 32.0. The van der Waals surface area contributed by atoms with E-state index in [1.165, 1.54) is 26.2 Å². The fourth-order valence-corrected chi connectivity index (χ4v) is 7.15. The third kappa shape index (κ3) is 3.97. The SMILES string of the molecule is CC(=O)Nc1cccc(C(=O)N2CCCN(C(=O)C34CC5CC(CC(C5)C3)C4)CC2)c1. The predicted molar refractivity (Wildman–Crippen MR) is 118 cm³/mol. The van der Waals surface area contributed by atoms with Crippen LogP contribution in [0.2, 0.25) is 0 Å². The first-order valence-electron chi connectivity index (χ1n) is 11.9. The largest absolute Gasteiger partial charge is 0.340 e. The standard InChI is InChI=1S/C25H33N3O3/c1-17(29)26-22-5-2-4-21(13-22)23(30)27-6-3-7-28(9-8-27)24(31)25-14-18-10-19(15-25)12-20(11-18)16-25/h2,4-5,13,18-20H,3,6-12,14-16H2,1H3,(H,26,29). The summed E-state index contributed by atoms with van der Waals surface area (Å²) in [6, 6.07) is 7.09. The van der Waals surface area contributed by atoms with E-state index in [9.17, 15) is 14.4 Å². The number of nitrogens with zero attached hydrogens (tertiary/aromatic N) is 2. The molecule has 6 nitrogen and oxygen atoms in total. The maximum atomic E-state index is 13.7. The molecule has 6 rings (SSSR count). The van der Waals surface area contributed by atoms with Crippen LogP contribution in [0, 0.1) is 23.2 Å². The van der Waals surface area contributed by atoms with Crippen molar-refractivity contribution < 1.29 is 14.4 Å². The van der Waals surface area contributed by atoms with Gasteiger partial charge in [-0.25, -0.2) is 0 Å². The highest BCUT2D eigenvalue weighted by Gasteiger charge is 2.55. The molecule has 1 aromatic rings. The van der Waals surface area contributed by atoms with Crippen LogP contribution in [-0.2, 0) is 9.59 Å². The summed E-state index contributed by atoms with van der Waals surface area (Å²) in [6.45, 7) is 4.06. The molecule has 0 spiro atoms. The van der Waals surface area contributed by atoms with Crippen molar-refractivity contribution in [1.82, 2.24) is 9.80 Å². The summed E-state index contributed by atoms with van der Waals surface area (Å²) in [5.41, 5.74) is 1.10. The quantitative estimate of drug-likeness (QED) is 0.809. The third-order valence-corrected chi connectivity index (χ3v) is 7.99. The number of benzene rings is 1. The number of amides is 3. The second kappa shape index (κ2) is 7.95. The highest BCUT2D eigenvalue weighted by Crippen LogP contribution is 2.60. The molecule has 1 heterocycles. The van der Waals surface area contributed by atoms with Crippen molar-refractivity contribution in [3.8, 4) is 0 Å². The molecule has 4 aliphatic carbocycles. The first-order valence-corrected chi connectivity index (χ1v) is 11.9. The number of anilines is 1. The molecule has 0 aromatic heterocycles. The zero-order chi connectivity index (χ0) is 21.6. The van der Waals surface area contributed by atoms with Crippen molar-refractivity contribution in [3.05, 3.63) is 29.8 Å². The molecule has 6 heteroatoms. The Balaban J connectivity index is 1.25. The van der Waals surface area contributed by atoms with Crippen LogP contribution in [0.25, 0.3) is 0 Å². The van der Waals surface area contributed by atoms with Gasteiger partial charge >= 0.3 is 0 Å². The van der Waals surface area contributed by atoms with Crippen molar-refractivity contribution in [2.45, 2.75) is 51.9 Å². The van der Waals surface area contributed by atoms with Crippen LogP contribution in [0.3, 0.4) is 0 Å². The van der Waals surface area contributed by atoms with Gasteiger partial charge in [0.2, 0.25) is 11.8 Å². The molecule has 31 heavy (non-hydrogen) atoms. The molecular formula is C25H33N3O3. The lowest BCUT2D eigenvalue weighted by atomic mass is 9.49. The number of carbonyl (C=O) groups is 3. The fraction of sp³-hybridized carbons (Fsp3) is 0.640. The second-order valence-corrected chi connectivity index (χ2v) is 10.4. The lowest BCUT2D eigenvalue weighted by Crippen LogP contribution is -2.55. The Morgan fingerprint density at radius 1 is 0.903 bits per heavy atom. The first kappa shape index (κ1) is 20.5. The predicted octanol–water partition coefficient (Wildman–Crippen LogP) is 3.54. The Hall–Kier alpha value is -2.37. The van der Waals surface area contributed by atoms with E-state index in [-0.39, 0.29) is 17.2 Å². The molecular weight excluding hydrogens is 390 g/mol. The lowest BCUT2D eigenvalue weighted by molar-refractivity contribution is -0.157. The number of hydrogen-bond donors (Lipinski definition) is 1. The van der Waals surface area contributed by atoms with Gasteiger partial charge in [-0.05, 0) is 80.9 Å².